The molecule has 0 saturated carbocycles. The molecule has 0 spiro atoms. The number of fused-ring (bicyclic) bond motifs is 3. The summed E-state index contributed by atoms with van der Waals surface area (Å²) in [6.07, 6.45) is 0. The number of pyridine rings is 2. The van der Waals surface area contributed by atoms with E-state index in [4.69, 9.17) is 19.9 Å². The van der Waals surface area contributed by atoms with Crippen LogP contribution in [-0.4, -0.2) is 19.9 Å². The average molecular weight is 695 g/mol. The van der Waals surface area contributed by atoms with Crippen molar-refractivity contribution < 1.29 is 0 Å². The summed E-state index contributed by atoms with van der Waals surface area (Å²) in [6, 6.07) is 59.7. The summed E-state index contributed by atoms with van der Waals surface area (Å²) in [5, 5.41) is 2.20. The van der Waals surface area contributed by atoms with Crippen LogP contribution < -0.4 is 0 Å². The number of hydrogen-bond acceptors (Lipinski definition) is 4. The minimum atomic E-state index is 0.270. The van der Waals surface area contributed by atoms with Crippen molar-refractivity contribution >= 4 is 21.8 Å². The largest absolute Gasteiger partial charge is 0.251 e. The van der Waals surface area contributed by atoms with Gasteiger partial charge in [0.2, 0.25) is 0 Å². The molecular weight excluding hydrogens is 657 g/mol. The second kappa shape index (κ2) is 14.0. The lowest BCUT2D eigenvalue weighted by atomic mass is 9.93. The monoisotopic (exact) mass is 694 g/mol. The first-order valence-corrected chi connectivity index (χ1v) is 18.5. The van der Waals surface area contributed by atoms with Gasteiger partial charge >= 0.3 is 0 Å². The van der Waals surface area contributed by atoms with Crippen LogP contribution in [0.15, 0.2) is 170 Å². The predicted octanol–water partition coefficient (Wildman–Crippen LogP) is 13.0. The number of benzene rings is 6. The SMILES string of the molecule is Cc1ccc2ccc3c(-c4cccc(-c5cccc(-c6nc(-c7ccccc7)cc(-c7ccc(-c8ccccc8)cc7)n6)c5)c4)cc(C(C)C)nc3c2n1. The molecule has 0 fully saturated rings. The average Bonchev–Trinajstić information content (AvgIpc) is 3.24. The van der Waals surface area contributed by atoms with Crippen molar-refractivity contribution in [1.82, 2.24) is 19.9 Å². The van der Waals surface area contributed by atoms with Crippen LogP contribution in [0.3, 0.4) is 0 Å². The molecule has 0 saturated heterocycles. The number of aromatic nitrogens is 4. The fourth-order valence-corrected chi connectivity index (χ4v) is 7.17. The highest BCUT2D eigenvalue weighted by Gasteiger charge is 2.16. The molecule has 0 aliphatic heterocycles. The summed E-state index contributed by atoms with van der Waals surface area (Å²) in [6.45, 7) is 6.43. The maximum atomic E-state index is 5.17. The molecule has 4 heteroatoms. The van der Waals surface area contributed by atoms with Crippen LogP contribution in [0.25, 0.3) is 89.1 Å². The van der Waals surface area contributed by atoms with Gasteiger partial charge in [0.1, 0.15) is 0 Å². The maximum Gasteiger partial charge on any atom is 0.160 e. The zero-order valence-electron chi connectivity index (χ0n) is 30.5. The van der Waals surface area contributed by atoms with Crippen molar-refractivity contribution in [1.29, 1.82) is 0 Å². The van der Waals surface area contributed by atoms with E-state index in [9.17, 15) is 0 Å². The minimum Gasteiger partial charge on any atom is -0.251 e. The second-order valence-corrected chi connectivity index (χ2v) is 14.2. The predicted molar refractivity (Wildman–Crippen MR) is 224 cm³/mol. The van der Waals surface area contributed by atoms with Gasteiger partial charge in [0.05, 0.1) is 22.4 Å². The van der Waals surface area contributed by atoms with Gasteiger partial charge in [-0.2, -0.15) is 0 Å². The van der Waals surface area contributed by atoms with Gasteiger partial charge in [0.15, 0.2) is 5.82 Å². The van der Waals surface area contributed by atoms with Gasteiger partial charge in [-0.1, -0.05) is 153 Å². The third-order valence-electron chi connectivity index (χ3n) is 10.1. The van der Waals surface area contributed by atoms with Crippen molar-refractivity contribution in [2.45, 2.75) is 26.7 Å². The van der Waals surface area contributed by atoms with E-state index in [1.54, 1.807) is 0 Å². The summed E-state index contributed by atoms with van der Waals surface area (Å²) in [5.41, 5.74) is 15.7. The minimum absolute atomic E-state index is 0.270. The Morgan fingerprint density at radius 2 is 0.926 bits per heavy atom. The van der Waals surface area contributed by atoms with Crippen LogP contribution in [0, 0.1) is 6.92 Å². The summed E-state index contributed by atoms with van der Waals surface area (Å²) < 4.78 is 0. The molecule has 9 aromatic rings. The van der Waals surface area contributed by atoms with E-state index in [1.807, 2.05) is 19.1 Å². The highest BCUT2D eigenvalue weighted by molar-refractivity contribution is 6.08. The first-order valence-electron chi connectivity index (χ1n) is 18.5. The molecule has 0 aliphatic rings. The molecule has 54 heavy (non-hydrogen) atoms. The zero-order chi connectivity index (χ0) is 36.6. The van der Waals surface area contributed by atoms with E-state index in [0.717, 1.165) is 83.5 Å². The van der Waals surface area contributed by atoms with Gasteiger partial charge in [-0.15, -0.1) is 0 Å². The summed E-state index contributed by atoms with van der Waals surface area (Å²) in [7, 11) is 0. The maximum absolute atomic E-state index is 5.17. The Morgan fingerprint density at radius 3 is 1.61 bits per heavy atom. The number of nitrogens with zero attached hydrogens (tertiary/aromatic N) is 4. The second-order valence-electron chi connectivity index (χ2n) is 14.2. The van der Waals surface area contributed by atoms with Crippen LogP contribution in [0.2, 0.25) is 0 Å². The topological polar surface area (TPSA) is 51.6 Å². The number of hydrogen-bond donors (Lipinski definition) is 0. The van der Waals surface area contributed by atoms with E-state index in [0.29, 0.717) is 5.82 Å². The molecule has 3 aromatic heterocycles. The van der Waals surface area contributed by atoms with Crippen LogP contribution in [-0.2, 0) is 0 Å². The molecule has 0 atom stereocenters. The van der Waals surface area contributed by atoms with E-state index in [2.05, 4.69) is 172 Å². The lowest BCUT2D eigenvalue weighted by molar-refractivity contribution is 0.831. The highest BCUT2D eigenvalue weighted by Crippen LogP contribution is 2.37. The lowest BCUT2D eigenvalue weighted by Gasteiger charge is -2.15. The molecule has 258 valence electrons. The van der Waals surface area contributed by atoms with Gasteiger partial charge in [0, 0.05) is 38.9 Å². The zero-order valence-corrected chi connectivity index (χ0v) is 30.5. The third kappa shape index (κ3) is 6.44. The molecule has 0 unspecified atom stereocenters. The van der Waals surface area contributed by atoms with Crippen molar-refractivity contribution in [3.8, 4) is 67.3 Å². The Labute approximate surface area is 315 Å². The van der Waals surface area contributed by atoms with Gasteiger partial charge in [0.25, 0.3) is 0 Å². The molecular formula is C50H38N4. The van der Waals surface area contributed by atoms with Crippen molar-refractivity contribution in [3.05, 3.63) is 181 Å². The van der Waals surface area contributed by atoms with E-state index in [-0.39, 0.29) is 5.92 Å². The molecule has 0 radical (unpaired) electrons. The molecule has 4 nitrogen and oxygen atoms in total. The molecule has 0 bridgehead atoms. The first-order chi connectivity index (χ1) is 26.5. The highest BCUT2D eigenvalue weighted by atomic mass is 14.9. The quantitative estimate of drug-likeness (QED) is 0.156. The smallest absolute Gasteiger partial charge is 0.160 e. The van der Waals surface area contributed by atoms with Crippen LogP contribution in [0.5, 0.6) is 0 Å². The van der Waals surface area contributed by atoms with Crippen molar-refractivity contribution in [3.63, 3.8) is 0 Å². The fourth-order valence-electron chi connectivity index (χ4n) is 7.17. The van der Waals surface area contributed by atoms with Crippen LogP contribution in [0.4, 0.5) is 0 Å². The molecule has 9 rings (SSSR count). The Bertz CT molecular complexity index is 2790. The molecule has 0 amide bonds. The summed E-state index contributed by atoms with van der Waals surface area (Å²) >= 11 is 0. The van der Waals surface area contributed by atoms with Gasteiger partial charge in [-0.25, -0.2) is 9.97 Å². The van der Waals surface area contributed by atoms with Gasteiger partial charge in [-0.3, -0.25) is 9.97 Å². The number of aryl methyl sites for hydroxylation is 1. The molecule has 0 N–H and O–H groups in total. The van der Waals surface area contributed by atoms with E-state index < -0.39 is 0 Å². The Morgan fingerprint density at radius 1 is 0.389 bits per heavy atom. The molecule has 0 aliphatic carbocycles. The van der Waals surface area contributed by atoms with Crippen LogP contribution in [0.1, 0.15) is 31.2 Å². The van der Waals surface area contributed by atoms with Crippen molar-refractivity contribution in [2.24, 2.45) is 0 Å². The number of rotatable bonds is 7. The molecule has 6 aromatic carbocycles. The van der Waals surface area contributed by atoms with Crippen LogP contribution >= 0.6 is 0 Å². The standard InChI is InChI=1S/C50H38N4/c1-32(2)45-30-44(43-27-26-38-21-20-33(3)51-48(38)49(43)52-45)41-18-10-16-39(28-41)40-17-11-19-42(29-40)50-53-46(36-14-8-5-9-15-36)31-47(54-50)37-24-22-35(23-25-37)34-12-6-4-7-13-34/h4-32H,1-3H3. The lowest BCUT2D eigenvalue weighted by Crippen LogP contribution is -1.97. The van der Waals surface area contributed by atoms with Crippen molar-refractivity contribution in [2.75, 3.05) is 0 Å². The van der Waals surface area contributed by atoms with Gasteiger partial charge < -0.3 is 0 Å². The van der Waals surface area contributed by atoms with E-state index in [1.165, 1.54) is 11.1 Å². The van der Waals surface area contributed by atoms with Gasteiger partial charge in [-0.05, 0) is 76.6 Å². The summed E-state index contributed by atoms with van der Waals surface area (Å²) in [4.78, 5) is 20.4. The third-order valence-corrected chi connectivity index (χ3v) is 10.1. The Balaban J connectivity index is 1.13. The Hall–Kier alpha value is -6.78. The summed E-state index contributed by atoms with van der Waals surface area (Å²) in [5.74, 6) is 0.958. The van der Waals surface area contributed by atoms with E-state index >= 15 is 0 Å². The normalized spacial score (nSPS) is 11.4. The fraction of sp³-hybridized carbons (Fsp3) is 0.0800. The molecule has 3 heterocycles. The Kier molecular flexibility index (Phi) is 8.57. The first kappa shape index (κ1) is 33.1.